The Morgan fingerprint density at radius 1 is 1.31 bits per heavy atom. The van der Waals surface area contributed by atoms with Gasteiger partial charge in [-0.2, -0.15) is 0 Å². The second kappa shape index (κ2) is 4.06. The van der Waals surface area contributed by atoms with E-state index in [1.165, 1.54) is 6.08 Å². The Hall–Kier alpha value is -2.29. The van der Waals surface area contributed by atoms with Crippen molar-refractivity contribution in [1.82, 2.24) is 0 Å². The van der Waals surface area contributed by atoms with Gasteiger partial charge < -0.3 is 10.4 Å². The summed E-state index contributed by atoms with van der Waals surface area (Å²) in [4.78, 5) is 11.2. The smallest absolute Gasteiger partial charge is 0.247 e. The summed E-state index contributed by atoms with van der Waals surface area (Å²) in [7, 11) is 0. The standard InChI is InChI=1S/C13H11NO2/c1-2-13(16)14-12-5-3-4-9-8-10(15)6-7-11(9)12/h2-8,15H,1H2,(H,14,16). The molecule has 3 heteroatoms. The minimum atomic E-state index is -0.249. The van der Waals surface area contributed by atoms with Gasteiger partial charge in [0.2, 0.25) is 5.91 Å². The number of phenols is 1. The summed E-state index contributed by atoms with van der Waals surface area (Å²) in [6.07, 6.45) is 1.22. The molecule has 3 nitrogen and oxygen atoms in total. The molecule has 0 fully saturated rings. The minimum absolute atomic E-state index is 0.208. The van der Waals surface area contributed by atoms with Gasteiger partial charge >= 0.3 is 0 Å². The molecule has 0 atom stereocenters. The molecule has 2 rings (SSSR count). The van der Waals surface area contributed by atoms with Gasteiger partial charge in [-0.3, -0.25) is 4.79 Å². The van der Waals surface area contributed by atoms with Gasteiger partial charge in [0.1, 0.15) is 5.75 Å². The first-order valence-electron chi connectivity index (χ1n) is 4.86. The molecule has 0 radical (unpaired) electrons. The molecule has 0 bridgehead atoms. The molecule has 0 aromatic heterocycles. The Kier molecular flexibility index (Phi) is 2.60. The van der Waals surface area contributed by atoms with Crippen LogP contribution >= 0.6 is 0 Å². The summed E-state index contributed by atoms with van der Waals surface area (Å²) in [6, 6.07) is 10.5. The van der Waals surface area contributed by atoms with E-state index in [1.54, 1.807) is 24.3 Å². The SMILES string of the molecule is C=CC(=O)Nc1cccc2cc(O)ccc12. The van der Waals surface area contributed by atoms with E-state index < -0.39 is 0 Å². The maximum Gasteiger partial charge on any atom is 0.247 e. The predicted molar refractivity (Wildman–Crippen MR) is 64.4 cm³/mol. The number of phenolic OH excluding ortho intramolecular Hbond substituents is 1. The first kappa shape index (κ1) is 10.2. The number of carbonyl (C=O) groups is 1. The van der Waals surface area contributed by atoms with Gasteiger partial charge in [0.15, 0.2) is 0 Å². The van der Waals surface area contributed by atoms with Crippen LogP contribution in [-0.2, 0) is 4.79 Å². The Balaban J connectivity index is 2.53. The molecule has 0 aliphatic heterocycles. The van der Waals surface area contributed by atoms with Crippen LogP contribution in [0.2, 0.25) is 0 Å². The van der Waals surface area contributed by atoms with Crippen molar-refractivity contribution >= 4 is 22.4 Å². The highest BCUT2D eigenvalue weighted by molar-refractivity contribution is 6.06. The van der Waals surface area contributed by atoms with Gasteiger partial charge in [0.25, 0.3) is 0 Å². The highest BCUT2D eigenvalue weighted by Crippen LogP contribution is 2.26. The normalized spacial score (nSPS) is 10.0. The molecule has 1 amide bonds. The molecule has 2 aromatic carbocycles. The van der Waals surface area contributed by atoms with Crippen molar-refractivity contribution in [1.29, 1.82) is 0 Å². The van der Waals surface area contributed by atoms with Crippen LogP contribution in [0.3, 0.4) is 0 Å². The molecule has 0 saturated carbocycles. The zero-order valence-corrected chi connectivity index (χ0v) is 8.60. The monoisotopic (exact) mass is 213 g/mol. The Morgan fingerprint density at radius 3 is 2.88 bits per heavy atom. The van der Waals surface area contributed by atoms with Crippen molar-refractivity contribution in [2.75, 3.05) is 5.32 Å². The fourth-order valence-electron chi connectivity index (χ4n) is 1.56. The summed E-state index contributed by atoms with van der Waals surface area (Å²) in [5.41, 5.74) is 0.711. The van der Waals surface area contributed by atoms with Crippen LogP contribution < -0.4 is 5.32 Å². The van der Waals surface area contributed by atoms with Crippen LogP contribution in [0.25, 0.3) is 10.8 Å². The predicted octanol–water partition coefficient (Wildman–Crippen LogP) is 2.67. The third kappa shape index (κ3) is 1.88. The number of hydrogen-bond donors (Lipinski definition) is 2. The molecular weight excluding hydrogens is 202 g/mol. The van der Waals surface area contributed by atoms with Crippen molar-refractivity contribution in [3.63, 3.8) is 0 Å². The molecule has 0 unspecified atom stereocenters. The molecule has 0 spiro atoms. The number of hydrogen-bond acceptors (Lipinski definition) is 2. The fraction of sp³-hybridized carbons (Fsp3) is 0. The third-order valence-corrected chi connectivity index (χ3v) is 2.31. The van der Waals surface area contributed by atoms with Crippen molar-refractivity contribution in [2.24, 2.45) is 0 Å². The summed E-state index contributed by atoms with van der Waals surface area (Å²) in [5, 5.41) is 13.8. The average molecular weight is 213 g/mol. The number of benzene rings is 2. The van der Waals surface area contributed by atoms with Gasteiger partial charge in [-0.15, -0.1) is 0 Å². The number of nitrogens with one attached hydrogen (secondary N) is 1. The van der Waals surface area contributed by atoms with Gasteiger partial charge in [0, 0.05) is 11.1 Å². The van der Waals surface area contributed by atoms with Gasteiger partial charge in [-0.1, -0.05) is 18.7 Å². The summed E-state index contributed by atoms with van der Waals surface area (Å²) in [5.74, 6) is -0.0414. The van der Waals surface area contributed by atoms with Gasteiger partial charge in [0.05, 0.1) is 0 Å². The maximum atomic E-state index is 11.2. The largest absolute Gasteiger partial charge is 0.508 e. The van der Waals surface area contributed by atoms with E-state index in [0.29, 0.717) is 5.69 Å². The summed E-state index contributed by atoms with van der Waals surface area (Å²) in [6.45, 7) is 3.40. The van der Waals surface area contributed by atoms with E-state index in [0.717, 1.165) is 10.8 Å². The van der Waals surface area contributed by atoms with Crippen LogP contribution in [-0.4, -0.2) is 11.0 Å². The van der Waals surface area contributed by atoms with Crippen molar-refractivity contribution < 1.29 is 9.90 Å². The molecule has 2 aromatic rings. The van der Waals surface area contributed by atoms with E-state index in [-0.39, 0.29) is 11.7 Å². The molecule has 0 heterocycles. The number of rotatable bonds is 2. The second-order valence-corrected chi connectivity index (χ2v) is 3.40. The Bertz CT molecular complexity index is 561. The molecule has 2 N–H and O–H groups in total. The van der Waals surface area contributed by atoms with Crippen molar-refractivity contribution in [3.8, 4) is 5.75 Å². The second-order valence-electron chi connectivity index (χ2n) is 3.40. The molecule has 0 aliphatic carbocycles. The Morgan fingerprint density at radius 2 is 2.12 bits per heavy atom. The van der Waals surface area contributed by atoms with Crippen molar-refractivity contribution in [3.05, 3.63) is 49.1 Å². The van der Waals surface area contributed by atoms with E-state index in [2.05, 4.69) is 11.9 Å². The lowest BCUT2D eigenvalue weighted by molar-refractivity contribution is -0.111. The van der Waals surface area contributed by atoms with E-state index in [4.69, 9.17) is 0 Å². The van der Waals surface area contributed by atoms with Gasteiger partial charge in [-0.25, -0.2) is 0 Å². The zero-order chi connectivity index (χ0) is 11.5. The van der Waals surface area contributed by atoms with Crippen LogP contribution in [0, 0.1) is 0 Å². The lowest BCUT2D eigenvalue weighted by Crippen LogP contribution is -2.07. The van der Waals surface area contributed by atoms with E-state index in [1.807, 2.05) is 12.1 Å². The zero-order valence-electron chi connectivity index (χ0n) is 8.60. The number of carbonyl (C=O) groups excluding carboxylic acids is 1. The first-order valence-corrected chi connectivity index (χ1v) is 4.86. The highest BCUT2D eigenvalue weighted by Gasteiger charge is 2.03. The Labute approximate surface area is 93.0 Å². The minimum Gasteiger partial charge on any atom is -0.508 e. The van der Waals surface area contributed by atoms with Crippen LogP contribution in [0.4, 0.5) is 5.69 Å². The molecule has 80 valence electrons. The number of fused-ring (bicyclic) bond motifs is 1. The number of aromatic hydroxyl groups is 1. The average Bonchev–Trinajstić information content (AvgIpc) is 2.28. The quantitative estimate of drug-likeness (QED) is 0.753. The summed E-state index contributed by atoms with van der Waals surface area (Å²) < 4.78 is 0. The lowest BCUT2D eigenvalue weighted by atomic mass is 10.1. The summed E-state index contributed by atoms with van der Waals surface area (Å²) >= 11 is 0. The molecular formula is C13H11NO2. The number of amides is 1. The maximum absolute atomic E-state index is 11.2. The van der Waals surface area contributed by atoms with Crippen LogP contribution in [0.5, 0.6) is 5.75 Å². The molecule has 16 heavy (non-hydrogen) atoms. The van der Waals surface area contributed by atoms with E-state index >= 15 is 0 Å². The number of anilines is 1. The molecule has 0 saturated heterocycles. The third-order valence-electron chi connectivity index (χ3n) is 2.31. The van der Waals surface area contributed by atoms with Gasteiger partial charge in [-0.05, 0) is 35.7 Å². The molecule has 0 aliphatic rings. The van der Waals surface area contributed by atoms with Crippen LogP contribution in [0.1, 0.15) is 0 Å². The highest BCUT2D eigenvalue weighted by atomic mass is 16.3. The fourth-order valence-corrected chi connectivity index (χ4v) is 1.56. The first-order chi connectivity index (χ1) is 7.70. The van der Waals surface area contributed by atoms with E-state index in [9.17, 15) is 9.90 Å². The lowest BCUT2D eigenvalue weighted by Gasteiger charge is -2.07. The van der Waals surface area contributed by atoms with Crippen LogP contribution in [0.15, 0.2) is 49.1 Å². The van der Waals surface area contributed by atoms with Crippen molar-refractivity contribution in [2.45, 2.75) is 0 Å². The topological polar surface area (TPSA) is 49.3 Å².